The minimum absolute atomic E-state index is 0.257. The molecular weight excluding hydrogens is 304 g/mol. The molecule has 0 aromatic rings. The van der Waals surface area contributed by atoms with Gasteiger partial charge in [0.25, 0.3) is 0 Å². The van der Waals surface area contributed by atoms with Crippen molar-refractivity contribution >= 4 is 0 Å². The van der Waals surface area contributed by atoms with Crippen molar-refractivity contribution in [3.63, 3.8) is 0 Å². The van der Waals surface area contributed by atoms with Gasteiger partial charge in [0.05, 0.1) is 18.3 Å². The van der Waals surface area contributed by atoms with Gasteiger partial charge in [-0.25, -0.2) is 0 Å². The molecule has 0 rings (SSSR count). The molecule has 5 nitrogen and oxygen atoms in total. The van der Waals surface area contributed by atoms with E-state index in [9.17, 15) is 15.3 Å². The van der Waals surface area contributed by atoms with Crippen LogP contribution in [0.4, 0.5) is 0 Å². The van der Waals surface area contributed by atoms with E-state index < -0.39 is 6.10 Å². The molecule has 0 amide bonds. The minimum atomic E-state index is -0.457. The van der Waals surface area contributed by atoms with Gasteiger partial charge >= 0.3 is 0 Å². The van der Waals surface area contributed by atoms with Crippen LogP contribution in [0.5, 0.6) is 0 Å². The van der Waals surface area contributed by atoms with Crippen molar-refractivity contribution in [1.29, 1.82) is 0 Å². The van der Waals surface area contributed by atoms with Crippen LogP contribution in [0.1, 0.15) is 79.1 Å². The van der Waals surface area contributed by atoms with Gasteiger partial charge in [0.15, 0.2) is 0 Å². The van der Waals surface area contributed by atoms with Gasteiger partial charge in [0, 0.05) is 25.2 Å². The van der Waals surface area contributed by atoms with Crippen LogP contribution in [0, 0.1) is 0 Å². The molecule has 0 aromatic heterocycles. The van der Waals surface area contributed by atoms with Gasteiger partial charge in [0.1, 0.15) is 0 Å². The summed E-state index contributed by atoms with van der Waals surface area (Å²) >= 11 is 0. The van der Waals surface area contributed by atoms with Crippen molar-refractivity contribution < 1.29 is 15.3 Å². The molecular formula is C19H42N2O3. The highest BCUT2D eigenvalue weighted by Crippen LogP contribution is 2.09. The summed E-state index contributed by atoms with van der Waals surface area (Å²) in [4.78, 5) is 0. The number of nitrogens with one attached hydrogen (secondary N) is 2. The molecule has 24 heavy (non-hydrogen) atoms. The second kappa shape index (κ2) is 15.1. The van der Waals surface area contributed by atoms with E-state index in [4.69, 9.17) is 0 Å². The molecule has 4 unspecified atom stereocenters. The van der Waals surface area contributed by atoms with Crippen LogP contribution in [0.3, 0.4) is 0 Å². The Morgan fingerprint density at radius 3 is 1.38 bits per heavy atom. The molecule has 0 aliphatic heterocycles. The first-order valence-electron chi connectivity index (χ1n) is 9.89. The second-order valence-corrected chi connectivity index (χ2v) is 7.32. The predicted octanol–water partition coefficient (Wildman–Crippen LogP) is 2.19. The third kappa shape index (κ3) is 14.2. The molecule has 0 radical (unpaired) electrons. The third-order valence-corrected chi connectivity index (χ3v) is 4.35. The predicted molar refractivity (Wildman–Crippen MR) is 101 cm³/mol. The van der Waals surface area contributed by atoms with Crippen LogP contribution >= 0.6 is 0 Å². The van der Waals surface area contributed by atoms with Gasteiger partial charge in [0.2, 0.25) is 0 Å². The first kappa shape index (κ1) is 23.8. The van der Waals surface area contributed by atoms with Crippen LogP contribution < -0.4 is 10.6 Å². The van der Waals surface area contributed by atoms with E-state index in [1.165, 1.54) is 0 Å². The SMILES string of the molecule is CCCCC(CC(C)O)NCC(O)CNC(CCCC)CC(C)O. The Morgan fingerprint density at radius 1 is 0.708 bits per heavy atom. The normalized spacial score (nSPS) is 18.1. The summed E-state index contributed by atoms with van der Waals surface area (Å²) in [5, 5.41) is 36.2. The molecule has 146 valence electrons. The average molecular weight is 347 g/mol. The molecule has 0 spiro atoms. The number of hydrogen-bond donors (Lipinski definition) is 5. The molecule has 0 saturated carbocycles. The first-order chi connectivity index (χ1) is 11.4. The quantitative estimate of drug-likeness (QED) is 0.296. The van der Waals surface area contributed by atoms with Crippen molar-refractivity contribution in [2.24, 2.45) is 0 Å². The zero-order chi connectivity index (χ0) is 18.4. The maximum atomic E-state index is 10.2. The third-order valence-electron chi connectivity index (χ3n) is 4.35. The topological polar surface area (TPSA) is 84.8 Å². The van der Waals surface area contributed by atoms with E-state index in [1.54, 1.807) is 0 Å². The monoisotopic (exact) mass is 346 g/mol. The van der Waals surface area contributed by atoms with Crippen molar-refractivity contribution in [1.82, 2.24) is 10.6 Å². The van der Waals surface area contributed by atoms with E-state index in [0.717, 1.165) is 51.4 Å². The van der Waals surface area contributed by atoms with Gasteiger partial charge in [-0.15, -0.1) is 0 Å². The Morgan fingerprint density at radius 2 is 1.08 bits per heavy atom. The van der Waals surface area contributed by atoms with E-state index in [2.05, 4.69) is 24.5 Å². The number of unbranched alkanes of at least 4 members (excludes halogenated alkanes) is 2. The Bertz CT molecular complexity index is 249. The lowest BCUT2D eigenvalue weighted by atomic mass is 10.0. The maximum Gasteiger partial charge on any atom is 0.0788 e. The van der Waals surface area contributed by atoms with Crippen LogP contribution in [0.25, 0.3) is 0 Å². The van der Waals surface area contributed by atoms with Crippen LogP contribution in [0.15, 0.2) is 0 Å². The maximum absolute atomic E-state index is 10.2. The molecule has 4 atom stereocenters. The Labute approximate surface area is 149 Å². The fourth-order valence-corrected chi connectivity index (χ4v) is 3.01. The summed E-state index contributed by atoms with van der Waals surface area (Å²) in [7, 11) is 0. The summed E-state index contributed by atoms with van der Waals surface area (Å²) in [5.74, 6) is 0. The molecule has 0 fully saturated rings. The lowest BCUT2D eigenvalue weighted by Crippen LogP contribution is -2.44. The van der Waals surface area contributed by atoms with Crippen molar-refractivity contribution in [2.75, 3.05) is 13.1 Å². The minimum Gasteiger partial charge on any atom is -0.393 e. The second-order valence-electron chi connectivity index (χ2n) is 7.32. The lowest BCUT2D eigenvalue weighted by Gasteiger charge is -2.24. The van der Waals surface area contributed by atoms with Crippen LogP contribution in [-0.4, -0.2) is 58.8 Å². The van der Waals surface area contributed by atoms with Crippen LogP contribution in [-0.2, 0) is 0 Å². The van der Waals surface area contributed by atoms with Crippen molar-refractivity contribution in [3.8, 4) is 0 Å². The fraction of sp³-hybridized carbons (Fsp3) is 1.00. The summed E-state index contributed by atoms with van der Waals surface area (Å²) in [6.45, 7) is 9.01. The molecule has 0 saturated heterocycles. The van der Waals surface area contributed by atoms with Crippen LogP contribution in [0.2, 0.25) is 0 Å². The Kier molecular flexibility index (Phi) is 15.0. The lowest BCUT2D eigenvalue weighted by molar-refractivity contribution is 0.131. The highest BCUT2D eigenvalue weighted by molar-refractivity contribution is 4.75. The number of aliphatic hydroxyl groups is 3. The molecule has 5 N–H and O–H groups in total. The van der Waals surface area contributed by atoms with Crippen molar-refractivity contribution in [2.45, 2.75) is 109 Å². The first-order valence-corrected chi connectivity index (χ1v) is 9.89. The van der Waals surface area contributed by atoms with E-state index >= 15 is 0 Å². The molecule has 5 heteroatoms. The summed E-state index contributed by atoms with van der Waals surface area (Å²) < 4.78 is 0. The van der Waals surface area contributed by atoms with Gasteiger partial charge in [-0.2, -0.15) is 0 Å². The number of aliphatic hydroxyl groups excluding tert-OH is 3. The molecule has 0 bridgehead atoms. The average Bonchev–Trinajstić information content (AvgIpc) is 2.51. The summed E-state index contributed by atoms with van der Waals surface area (Å²) in [6, 6.07) is 0.515. The highest BCUT2D eigenvalue weighted by atomic mass is 16.3. The zero-order valence-corrected chi connectivity index (χ0v) is 16.3. The Balaban J connectivity index is 4.15. The molecule has 0 aromatic carbocycles. The standard InChI is InChI=1S/C19H42N2O3/c1-5-7-9-17(11-15(3)22)20-13-19(24)14-21-18(10-8-6-2)12-16(4)23/h15-24H,5-14H2,1-4H3. The van der Waals surface area contributed by atoms with Gasteiger partial charge in [-0.05, 0) is 39.5 Å². The van der Waals surface area contributed by atoms with Gasteiger partial charge in [-0.3, -0.25) is 0 Å². The number of rotatable bonds is 16. The van der Waals surface area contributed by atoms with E-state index in [1.807, 2.05) is 13.8 Å². The zero-order valence-electron chi connectivity index (χ0n) is 16.3. The molecule has 0 heterocycles. The molecule has 0 aliphatic carbocycles. The Hall–Kier alpha value is -0.200. The van der Waals surface area contributed by atoms with E-state index in [-0.39, 0.29) is 24.3 Å². The number of hydrogen-bond acceptors (Lipinski definition) is 5. The largest absolute Gasteiger partial charge is 0.393 e. The van der Waals surface area contributed by atoms with Crippen molar-refractivity contribution in [3.05, 3.63) is 0 Å². The summed E-state index contributed by atoms with van der Waals surface area (Å²) in [6.07, 6.45) is 6.95. The summed E-state index contributed by atoms with van der Waals surface area (Å²) in [5.41, 5.74) is 0. The molecule has 0 aliphatic rings. The van der Waals surface area contributed by atoms with Gasteiger partial charge in [-0.1, -0.05) is 39.5 Å². The van der Waals surface area contributed by atoms with Gasteiger partial charge < -0.3 is 26.0 Å². The smallest absolute Gasteiger partial charge is 0.0788 e. The van der Waals surface area contributed by atoms with E-state index in [0.29, 0.717) is 13.1 Å². The highest BCUT2D eigenvalue weighted by Gasteiger charge is 2.15. The fourth-order valence-electron chi connectivity index (χ4n) is 3.01.